The van der Waals surface area contributed by atoms with Gasteiger partial charge in [0.05, 0.1) is 19.3 Å². The van der Waals surface area contributed by atoms with Gasteiger partial charge in [0.1, 0.15) is 5.75 Å². The predicted molar refractivity (Wildman–Crippen MR) is 77.0 cm³/mol. The molecule has 5 heteroatoms. The van der Waals surface area contributed by atoms with Crippen LogP contribution in [0.1, 0.15) is 23.2 Å². The first-order valence-corrected chi connectivity index (χ1v) is 7.02. The Morgan fingerprint density at radius 1 is 1.50 bits per heavy atom. The minimum absolute atomic E-state index is 0.0341. The maximum Gasteiger partial charge on any atom is 0.257 e. The molecule has 0 bridgehead atoms. The number of aliphatic hydroxyl groups is 1. The van der Waals surface area contributed by atoms with Gasteiger partial charge in [-0.3, -0.25) is 4.79 Å². The number of amides is 1. The second-order valence-corrected chi connectivity index (χ2v) is 4.97. The number of para-hydroxylation sites is 1. The lowest BCUT2D eigenvalue weighted by Gasteiger charge is -2.25. The van der Waals surface area contributed by atoms with E-state index in [9.17, 15) is 9.90 Å². The number of nitrogens with one attached hydrogen (secondary N) is 1. The molecule has 5 nitrogen and oxygen atoms in total. The van der Waals surface area contributed by atoms with E-state index in [1.807, 2.05) is 12.1 Å². The molecule has 110 valence electrons. The topological polar surface area (TPSA) is 61.8 Å². The van der Waals surface area contributed by atoms with Gasteiger partial charge in [-0.25, -0.2) is 0 Å². The summed E-state index contributed by atoms with van der Waals surface area (Å²) < 4.78 is 5.24. The first-order chi connectivity index (χ1) is 9.76. The molecule has 2 rings (SSSR count). The number of carbonyl (C=O) groups is 1. The Kier molecular flexibility index (Phi) is 5.38. The smallest absolute Gasteiger partial charge is 0.257 e. The molecule has 1 amide bonds. The van der Waals surface area contributed by atoms with Gasteiger partial charge in [-0.15, -0.1) is 0 Å². The summed E-state index contributed by atoms with van der Waals surface area (Å²) in [4.78, 5) is 14.3. The van der Waals surface area contributed by atoms with E-state index in [2.05, 4.69) is 5.32 Å². The molecule has 0 radical (unpaired) electrons. The molecule has 0 saturated carbocycles. The highest BCUT2D eigenvalue weighted by atomic mass is 16.5. The van der Waals surface area contributed by atoms with Crippen LogP contribution in [0.2, 0.25) is 0 Å². The lowest BCUT2D eigenvalue weighted by Crippen LogP contribution is -2.42. The zero-order chi connectivity index (χ0) is 14.4. The van der Waals surface area contributed by atoms with Crippen LogP contribution in [0.25, 0.3) is 0 Å². The van der Waals surface area contributed by atoms with Crippen molar-refractivity contribution in [2.24, 2.45) is 0 Å². The highest BCUT2D eigenvalue weighted by Crippen LogP contribution is 2.20. The molecule has 1 aromatic rings. The maximum atomic E-state index is 12.6. The third-order valence-corrected chi connectivity index (χ3v) is 3.60. The van der Waals surface area contributed by atoms with Crippen molar-refractivity contribution < 1.29 is 14.6 Å². The second kappa shape index (κ2) is 7.26. The molecule has 1 aliphatic rings. The van der Waals surface area contributed by atoms with Crippen LogP contribution in [0.3, 0.4) is 0 Å². The summed E-state index contributed by atoms with van der Waals surface area (Å²) in [7, 11) is 1.56. The van der Waals surface area contributed by atoms with Crippen molar-refractivity contribution in [1.29, 1.82) is 0 Å². The van der Waals surface area contributed by atoms with Crippen molar-refractivity contribution in [1.82, 2.24) is 10.2 Å². The third-order valence-electron chi connectivity index (χ3n) is 3.60. The molecular formula is C15H22N2O3. The number of hydrogen-bond acceptors (Lipinski definition) is 4. The molecular weight excluding hydrogens is 256 g/mol. The number of ether oxygens (including phenoxy) is 1. The fourth-order valence-electron chi connectivity index (χ4n) is 2.57. The van der Waals surface area contributed by atoms with Crippen LogP contribution in [-0.4, -0.2) is 55.3 Å². The molecule has 1 heterocycles. The van der Waals surface area contributed by atoms with Gasteiger partial charge >= 0.3 is 0 Å². The summed E-state index contributed by atoms with van der Waals surface area (Å²) >= 11 is 0. The van der Waals surface area contributed by atoms with Crippen LogP contribution in [-0.2, 0) is 0 Å². The Balaban J connectivity index is 2.12. The number of nitrogens with zero attached hydrogens (tertiary/aromatic N) is 1. The molecule has 1 atom stereocenters. The van der Waals surface area contributed by atoms with Crippen LogP contribution in [0.5, 0.6) is 5.75 Å². The van der Waals surface area contributed by atoms with Crippen LogP contribution >= 0.6 is 0 Å². The average Bonchev–Trinajstić information content (AvgIpc) is 2.99. The minimum atomic E-state index is -0.0924. The Morgan fingerprint density at radius 3 is 2.95 bits per heavy atom. The highest BCUT2D eigenvalue weighted by Gasteiger charge is 2.23. The van der Waals surface area contributed by atoms with E-state index in [0.29, 0.717) is 30.4 Å². The summed E-state index contributed by atoms with van der Waals surface area (Å²) in [6.45, 7) is 1.93. The molecule has 1 aliphatic heterocycles. The van der Waals surface area contributed by atoms with Gasteiger partial charge in [-0.05, 0) is 31.5 Å². The van der Waals surface area contributed by atoms with Crippen molar-refractivity contribution in [2.75, 3.05) is 33.4 Å². The highest BCUT2D eigenvalue weighted by molar-refractivity contribution is 5.97. The summed E-state index contributed by atoms with van der Waals surface area (Å²) in [5, 5.41) is 12.6. The number of aliphatic hydroxyl groups excluding tert-OH is 1. The lowest BCUT2D eigenvalue weighted by molar-refractivity contribution is 0.0703. The summed E-state index contributed by atoms with van der Waals surface area (Å²) in [5.74, 6) is 0.477. The van der Waals surface area contributed by atoms with Gasteiger partial charge in [0.15, 0.2) is 0 Å². The molecule has 1 aromatic carbocycles. The van der Waals surface area contributed by atoms with Gasteiger partial charge in [0.2, 0.25) is 0 Å². The van der Waals surface area contributed by atoms with Gasteiger partial charge < -0.3 is 20.1 Å². The van der Waals surface area contributed by atoms with Crippen LogP contribution < -0.4 is 10.1 Å². The Hall–Kier alpha value is -1.59. The summed E-state index contributed by atoms with van der Waals surface area (Å²) in [5.41, 5.74) is 0.543. The number of rotatable bonds is 6. The van der Waals surface area contributed by atoms with Crippen LogP contribution in [0, 0.1) is 0 Å². The monoisotopic (exact) mass is 278 g/mol. The van der Waals surface area contributed by atoms with E-state index < -0.39 is 0 Å². The van der Waals surface area contributed by atoms with Crippen molar-refractivity contribution >= 4 is 5.91 Å². The standard InChI is InChI=1S/C15H22N2O3/c1-20-14-7-3-2-6-13(14)15(19)17(9-10-18)11-12-5-4-8-16-12/h2-3,6-7,12,16,18H,4-5,8-11H2,1H3. The predicted octanol–water partition coefficient (Wildman–Crippen LogP) is 0.882. The lowest BCUT2D eigenvalue weighted by atomic mass is 10.1. The number of carbonyl (C=O) groups excluding carboxylic acids is 1. The first kappa shape index (κ1) is 14.8. The van der Waals surface area contributed by atoms with Crippen molar-refractivity contribution in [3.05, 3.63) is 29.8 Å². The largest absolute Gasteiger partial charge is 0.496 e. The summed E-state index contributed by atoms with van der Waals surface area (Å²) in [6, 6.07) is 7.51. The molecule has 1 saturated heterocycles. The molecule has 1 fully saturated rings. The normalized spacial score (nSPS) is 18.0. The maximum absolute atomic E-state index is 12.6. The van der Waals surface area contributed by atoms with Gasteiger partial charge in [0.25, 0.3) is 5.91 Å². The van der Waals surface area contributed by atoms with Gasteiger partial charge in [0, 0.05) is 19.1 Å². The number of hydrogen-bond donors (Lipinski definition) is 2. The van der Waals surface area contributed by atoms with Crippen LogP contribution in [0.4, 0.5) is 0 Å². The van der Waals surface area contributed by atoms with Crippen molar-refractivity contribution in [3.8, 4) is 5.75 Å². The molecule has 1 unspecified atom stereocenters. The SMILES string of the molecule is COc1ccccc1C(=O)N(CCO)CC1CCCN1. The van der Waals surface area contributed by atoms with Crippen molar-refractivity contribution in [3.63, 3.8) is 0 Å². The Morgan fingerprint density at radius 2 is 2.30 bits per heavy atom. The van der Waals surface area contributed by atoms with Gasteiger partial charge in [-0.2, -0.15) is 0 Å². The van der Waals surface area contributed by atoms with E-state index in [1.165, 1.54) is 0 Å². The Bertz CT molecular complexity index is 444. The fraction of sp³-hybridized carbons (Fsp3) is 0.533. The summed E-state index contributed by atoms with van der Waals surface area (Å²) in [6.07, 6.45) is 2.21. The zero-order valence-corrected chi connectivity index (χ0v) is 11.8. The minimum Gasteiger partial charge on any atom is -0.496 e. The van der Waals surface area contributed by atoms with E-state index >= 15 is 0 Å². The molecule has 0 spiro atoms. The molecule has 0 aliphatic carbocycles. The van der Waals surface area contributed by atoms with Gasteiger partial charge in [-0.1, -0.05) is 12.1 Å². The molecule has 0 aromatic heterocycles. The molecule has 20 heavy (non-hydrogen) atoms. The number of methoxy groups -OCH3 is 1. The number of benzene rings is 1. The average molecular weight is 278 g/mol. The second-order valence-electron chi connectivity index (χ2n) is 4.97. The van der Waals surface area contributed by atoms with E-state index in [1.54, 1.807) is 24.1 Å². The van der Waals surface area contributed by atoms with E-state index in [0.717, 1.165) is 19.4 Å². The quantitative estimate of drug-likeness (QED) is 0.811. The van der Waals surface area contributed by atoms with Crippen molar-refractivity contribution in [2.45, 2.75) is 18.9 Å². The Labute approximate surface area is 119 Å². The van der Waals surface area contributed by atoms with E-state index in [4.69, 9.17) is 4.74 Å². The third kappa shape index (κ3) is 3.49. The zero-order valence-electron chi connectivity index (χ0n) is 11.8. The van der Waals surface area contributed by atoms with E-state index in [-0.39, 0.29) is 12.5 Å². The van der Waals surface area contributed by atoms with Crippen LogP contribution in [0.15, 0.2) is 24.3 Å². The fourth-order valence-corrected chi connectivity index (χ4v) is 2.57. The molecule has 2 N–H and O–H groups in total. The first-order valence-electron chi connectivity index (χ1n) is 7.02.